The van der Waals surface area contributed by atoms with E-state index >= 15 is 0 Å². The van der Waals surface area contributed by atoms with E-state index in [0.717, 1.165) is 0 Å². The van der Waals surface area contributed by atoms with Crippen LogP contribution < -0.4 is 0 Å². The Kier molecular flexibility index (Phi) is 5.78. The maximum absolute atomic E-state index is 2.49. The topological polar surface area (TPSA) is 6.48 Å². The number of likely N-dealkylation sites (N-methyl/N-ethyl adjacent to an activating group) is 2. The molecule has 0 saturated heterocycles. The molecule has 0 bridgehead atoms. The molecule has 0 aromatic heterocycles. The van der Waals surface area contributed by atoms with Gasteiger partial charge in [-0.3, -0.25) is 0 Å². The van der Waals surface area contributed by atoms with Gasteiger partial charge in [0, 0.05) is 0 Å². The van der Waals surface area contributed by atoms with E-state index in [1.54, 1.807) is 0 Å². The van der Waals surface area contributed by atoms with E-state index in [2.05, 4.69) is 45.8 Å². The number of rotatable bonds is 5. The number of hydrogen-bond acceptors (Lipinski definition) is 2. The molecule has 0 fully saturated rings. The molecule has 0 radical (unpaired) electrons. The fourth-order valence-corrected chi connectivity index (χ4v) is 6.33. The molecule has 12 heavy (non-hydrogen) atoms. The van der Waals surface area contributed by atoms with Crippen LogP contribution in [0.3, 0.4) is 0 Å². The molecule has 0 aliphatic carbocycles. The van der Waals surface area contributed by atoms with Gasteiger partial charge >= 0.3 is 81.8 Å². The molecule has 0 amide bonds. The Morgan fingerprint density at radius 1 is 0.917 bits per heavy atom. The van der Waals surface area contributed by atoms with Crippen LogP contribution in [0.15, 0.2) is 0 Å². The summed E-state index contributed by atoms with van der Waals surface area (Å²) < 4.78 is 1.38. The first-order valence-electron chi connectivity index (χ1n) is 4.64. The van der Waals surface area contributed by atoms with Crippen LogP contribution in [0.1, 0.15) is 0 Å². The molecule has 0 aliphatic rings. The van der Waals surface area contributed by atoms with Gasteiger partial charge in [0.15, 0.2) is 0 Å². The van der Waals surface area contributed by atoms with E-state index in [0.29, 0.717) is 0 Å². The third-order valence-corrected chi connectivity index (χ3v) is 5.92. The quantitative estimate of drug-likeness (QED) is 0.701. The maximum atomic E-state index is 2.49. The Bertz CT molecular complexity index is 118. The average molecular weight is 279 g/mol. The van der Waals surface area contributed by atoms with Gasteiger partial charge in [0.05, 0.1) is 0 Å². The van der Waals surface area contributed by atoms with Gasteiger partial charge in [0.25, 0.3) is 0 Å². The van der Waals surface area contributed by atoms with E-state index in [4.69, 9.17) is 0 Å². The Morgan fingerprint density at radius 3 is 1.75 bits per heavy atom. The van der Waals surface area contributed by atoms with Gasteiger partial charge in [-0.25, -0.2) is 0 Å². The van der Waals surface area contributed by atoms with Crippen molar-refractivity contribution in [3.8, 4) is 0 Å². The molecular formula is C9H24N2Sn. The van der Waals surface area contributed by atoms with Crippen LogP contribution >= 0.6 is 0 Å². The molecule has 2 nitrogen and oxygen atoms in total. The molecular weight excluding hydrogens is 255 g/mol. The second-order valence-corrected chi connectivity index (χ2v) is 20.6. The Morgan fingerprint density at radius 2 is 1.42 bits per heavy atom. The number of hydrogen-bond donors (Lipinski definition) is 0. The minimum atomic E-state index is -1.55. The number of nitrogens with zero attached hydrogens (tertiary/aromatic N) is 2. The minimum absolute atomic E-state index is 1.18. The van der Waals surface area contributed by atoms with Crippen molar-refractivity contribution in [2.45, 2.75) is 14.8 Å². The molecule has 0 saturated carbocycles. The van der Waals surface area contributed by atoms with Crippen molar-refractivity contribution >= 4 is 18.4 Å². The summed E-state index contributed by atoms with van der Waals surface area (Å²) in [5.74, 6) is 0. The van der Waals surface area contributed by atoms with Crippen molar-refractivity contribution in [2.75, 3.05) is 38.8 Å². The van der Waals surface area contributed by atoms with Crippen LogP contribution in [0.2, 0.25) is 14.8 Å². The zero-order chi connectivity index (χ0) is 9.78. The Balaban J connectivity index is 3.53. The monoisotopic (exact) mass is 280 g/mol. The summed E-state index contributed by atoms with van der Waals surface area (Å²) in [6, 6.07) is 0. The summed E-state index contributed by atoms with van der Waals surface area (Å²) >= 11 is -1.55. The van der Waals surface area contributed by atoms with Crippen molar-refractivity contribution in [1.82, 2.24) is 9.80 Å². The van der Waals surface area contributed by atoms with E-state index in [1.165, 1.54) is 17.7 Å². The summed E-state index contributed by atoms with van der Waals surface area (Å²) in [7, 11) is 6.51. The van der Waals surface area contributed by atoms with Gasteiger partial charge < -0.3 is 0 Å². The first-order chi connectivity index (χ1) is 5.31. The molecule has 0 rings (SSSR count). The normalized spacial score (nSPS) is 13.0. The predicted octanol–water partition coefficient (Wildman–Crippen LogP) is 1.36. The average Bonchev–Trinajstić information content (AvgIpc) is 1.79. The van der Waals surface area contributed by atoms with Crippen LogP contribution in [-0.2, 0) is 0 Å². The molecule has 0 aliphatic heterocycles. The fraction of sp³-hybridized carbons (Fsp3) is 1.00. The molecule has 0 heterocycles. The summed E-state index contributed by atoms with van der Waals surface area (Å²) in [6.45, 7) is 2.39. The summed E-state index contributed by atoms with van der Waals surface area (Å²) in [5, 5.41) is 0. The molecule has 3 heteroatoms. The van der Waals surface area contributed by atoms with Gasteiger partial charge in [0.2, 0.25) is 0 Å². The third-order valence-electron chi connectivity index (χ3n) is 1.67. The first kappa shape index (κ1) is 12.7. The van der Waals surface area contributed by atoms with Gasteiger partial charge in [-0.1, -0.05) is 0 Å². The summed E-state index contributed by atoms with van der Waals surface area (Å²) in [6.07, 6.45) is 0. The van der Waals surface area contributed by atoms with Crippen molar-refractivity contribution in [3.63, 3.8) is 0 Å². The standard InChI is InChI=1S/C6H15N2.3CH3.Sn/c1-7(2)5-6-8(3)4;;;;/h1,5-6H2,2-4H3;3*1H3;. The molecule has 74 valence electrons. The van der Waals surface area contributed by atoms with Gasteiger partial charge in [-0.05, 0) is 0 Å². The van der Waals surface area contributed by atoms with Crippen LogP contribution in [0.4, 0.5) is 0 Å². The molecule has 0 atom stereocenters. The zero-order valence-electron chi connectivity index (χ0n) is 9.52. The van der Waals surface area contributed by atoms with E-state index < -0.39 is 18.4 Å². The Labute approximate surface area is 81.8 Å². The first-order valence-corrected chi connectivity index (χ1v) is 15.2. The van der Waals surface area contributed by atoms with E-state index in [1.807, 2.05) is 0 Å². The second-order valence-electron chi connectivity index (χ2n) is 5.10. The van der Waals surface area contributed by atoms with Gasteiger partial charge in [-0.15, -0.1) is 0 Å². The predicted molar refractivity (Wildman–Crippen MR) is 59.4 cm³/mol. The van der Waals surface area contributed by atoms with E-state index in [9.17, 15) is 0 Å². The van der Waals surface area contributed by atoms with E-state index in [-0.39, 0.29) is 0 Å². The molecule has 0 aromatic rings. The van der Waals surface area contributed by atoms with Crippen molar-refractivity contribution in [2.24, 2.45) is 0 Å². The molecule has 0 spiro atoms. The zero-order valence-corrected chi connectivity index (χ0v) is 12.4. The van der Waals surface area contributed by atoms with Gasteiger partial charge in [0.1, 0.15) is 0 Å². The van der Waals surface area contributed by atoms with Crippen LogP contribution in [0, 0.1) is 0 Å². The van der Waals surface area contributed by atoms with Gasteiger partial charge in [-0.2, -0.15) is 0 Å². The van der Waals surface area contributed by atoms with Crippen LogP contribution in [-0.4, -0.2) is 67.0 Å². The molecule has 0 N–H and O–H groups in total. The third kappa shape index (κ3) is 8.81. The summed E-state index contributed by atoms with van der Waals surface area (Å²) in [4.78, 5) is 12.2. The van der Waals surface area contributed by atoms with Crippen molar-refractivity contribution in [3.05, 3.63) is 0 Å². The Hall–Kier alpha value is 0.719. The SMILES string of the molecule is CN(C)CCN(C)[CH2][Sn]([CH3])([CH3])[CH3]. The van der Waals surface area contributed by atoms with Crippen LogP contribution in [0.25, 0.3) is 0 Å². The molecule has 0 unspecified atom stereocenters. The van der Waals surface area contributed by atoms with Crippen LogP contribution in [0.5, 0.6) is 0 Å². The fourth-order valence-electron chi connectivity index (χ4n) is 1.26. The molecule has 0 aromatic carbocycles. The summed E-state index contributed by atoms with van der Waals surface area (Å²) in [5.41, 5.74) is 0. The second kappa shape index (κ2) is 5.45. The van der Waals surface area contributed by atoms with Crippen molar-refractivity contribution in [1.29, 1.82) is 0 Å². The van der Waals surface area contributed by atoms with Crippen molar-refractivity contribution < 1.29 is 0 Å².